The Kier molecular flexibility index (Phi) is 5.24. The summed E-state index contributed by atoms with van der Waals surface area (Å²) in [6.07, 6.45) is 1.78. The number of rotatable bonds is 5. The van der Waals surface area contributed by atoms with Gasteiger partial charge >= 0.3 is 0 Å². The van der Waals surface area contributed by atoms with E-state index in [0.29, 0.717) is 30.8 Å². The van der Waals surface area contributed by atoms with Gasteiger partial charge in [0, 0.05) is 50.2 Å². The molecule has 26 heavy (non-hydrogen) atoms. The lowest BCUT2D eigenvalue weighted by Crippen LogP contribution is -2.53. The number of ketones is 1. The van der Waals surface area contributed by atoms with Gasteiger partial charge in [-0.2, -0.15) is 0 Å². The number of β-amino-alcohol motifs (C(OH)–C–C–N with tert-alkyl or cyclic N) is 1. The first-order valence-corrected chi connectivity index (χ1v) is 8.64. The number of amides is 1. The number of aliphatic hydroxyl groups is 1. The maximum absolute atomic E-state index is 12.2. The van der Waals surface area contributed by atoms with Crippen LogP contribution >= 0.6 is 0 Å². The molecule has 1 saturated heterocycles. The molecule has 3 rings (SSSR count). The molecule has 0 spiro atoms. The van der Waals surface area contributed by atoms with Gasteiger partial charge in [-0.05, 0) is 26.3 Å². The third-order valence-corrected chi connectivity index (χ3v) is 4.74. The van der Waals surface area contributed by atoms with Gasteiger partial charge in [-0.1, -0.05) is 5.16 Å². The largest absolute Gasteiger partial charge is 0.390 e. The van der Waals surface area contributed by atoms with Gasteiger partial charge in [-0.25, -0.2) is 0 Å². The van der Waals surface area contributed by atoms with Gasteiger partial charge in [-0.15, -0.1) is 0 Å². The highest BCUT2D eigenvalue weighted by Gasteiger charge is 2.30. The van der Waals surface area contributed by atoms with Crippen LogP contribution in [0.2, 0.25) is 0 Å². The van der Waals surface area contributed by atoms with E-state index in [9.17, 15) is 14.7 Å². The number of nitrogens with zero attached hydrogens (tertiary/aromatic N) is 3. The van der Waals surface area contributed by atoms with Crippen molar-refractivity contribution < 1.29 is 19.2 Å². The molecule has 0 radical (unpaired) electrons. The van der Waals surface area contributed by atoms with Crippen LogP contribution in [-0.4, -0.2) is 56.7 Å². The Hall–Kier alpha value is -2.45. The highest BCUT2D eigenvalue weighted by atomic mass is 16.5. The van der Waals surface area contributed by atoms with Crippen molar-refractivity contribution in [2.75, 3.05) is 13.1 Å². The quantitative estimate of drug-likeness (QED) is 0.768. The molecule has 8 nitrogen and oxygen atoms in total. The Labute approximate surface area is 151 Å². The smallest absolute Gasteiger partial charge is 0.273 e. The number of aliphatic hydroxyl groups excluding tert-OH is 1. The second-order valence-corrected chi connectivity index (χ2v) is 6.88. The summed E-state index contributed by atoms with van der Waals surface area (Å²) in [5, 5.41) is 16.9. The molecule has 2 aromatic heterocycles. The number of hydrogen-bond acceptors (Lipinski definition) is 6. The van der Waals surface area contributed by atoms with E-state index in [1.54, 1.807) is 19.9 Å². The van der Waals surface area contributed by atoms with Gasteiger partial charge in [-0.3, -0.25) is 14.5 Å². The van der Waals surface area contributed by atoms with Crippen molar-refractivity contribution in [2.45, 2.75) is 39.0 Å². The van der Waals surface area contributed by atoms with E-state index < -0.39 is 6.10 Å². The number of hydrogen-bond donors (Lipinski definition) is 2. The molecule has 0 bridgehead atoms. The molecule has 1 fully saturated rings. The first-order valence-electron chi connectivity index (χ1n) is 8.64. The number of aryl methyl sites for hydroxylation is 2. The van der Waals surface area contributed by atoms with Gasteiger partial charge in [0.2, 0.25) is 0 Å². The molecule has 0 saturated carbocycles. The van der Waals surface area contributed by atoms with Crippen molar-refractivity contribution in [1.29, 1.82) is 0 Å². The summed E-state index contributed by atoms with van der Waals surface area (Å²) in [4.78, 5) is 25.8. The molecule has 3 heterocycles. The third-order valence-electron chi connectivity index (χ3n) is 4.74. The molecule has 0 aromatic carbocycles. The fourth-order valence-electron chi connectivity index (χ4n) is 3.21. The first kappa shape index (κ1) is 18.3. The SMILES string of the molecule is CC(=O)c1cc(CN2CC[C@@H](NC(=O)c3cc(C)on3)[C@H](O)C2)n(C)c1. The molecule has 0 unspecified atom stereocenters. The minimum absolute atomic E-state index is 0.0383. The second-order valence-electron chi connectivity index (χ2n) is 6.88. The summed E-state index contributed by atoms with van der Waals surface area (Å²) in [7, 11) is 1.91. The lowest BCUT2D eigenvalue weighted by molar-refractivity contribution is 0.0340. The van der Waals surface area contributed by atoms with Crippen molar-refractivity contribution in [1.82, 2.24) is 19.9 Å². The van der Waals surface area contributed by atoms with E-state index in [-0.39, 0.29) is 23.4 Å². The standard InChI is InChI=1S/C18H24N4O4/c1-11-6-16(20-26-11)18(25)19-15-4-5-22(10-17(15)24)9-14-7-13(12(2)23)8-21(14)3/h6-8,15,17,24H,4-5,9-10H2,1-3H3,(H,19,25)/t15-,17-/m1/s1. The van der Waals surface area contributed by atoms with E-state index in [1.165, 1.54) is 0 Å². The average molecular weight is 360 g/mol. The topological polar surface area (TPSA) is 101 Å². The molecule has 2 N–H and O–H groups in total. The van der Waals surface area contributed by atoms with Crippen LogP contribution in [0.25, 0.3) is 0 Å². The van der Waals surface area contributed by atoms with E-state index in [2.05, 4.69) is 15.4 Å². The van der Waals surface area contributed by atoms with Gasteiger partial charge < -0.3 is 19.5 Å². The Morgan fingerprint density at radius 2 is 2.19 bits per heavy atom. The number of carbonyl (C=O) groups is 2. The van der Waals surface area contributed by atoms with Gasteiger partial charge in [0.15, 0.2) is 11.5 Å². The molecule has 1 aliphatic heterocycles. The predicted molar refractivity (Wildman–Crippen MR) is 93.8 cm³/mol. The lowest BCUT2D eigenvalue weighted by atomic mass is 10.0. The zero-order valence-corrected chi connectivity index (χ0v) is 15.2. The van der Waals surface area contributed by atoms with Crippen molar-refractivity contribution in [3.05, 3.63) is 41.0 Å². The number of aromatic nitrogens is 2. The first-order chi connectivity index (χ1) is 12.3. The van der Waals surface area contributed by atoms with Crippen LogP contribution in [-0.2, 0) is 13.6 Å². The van der Waals surface area contributed by atoms with Crippen molar-refractivity contribution in [3.8, 4) is 0 Å². The summed E-state index contributed by atoms with van der Waals surface area (Å²) < 4.78 is 6.84. The fraction of sp³-hybridized carbons (Fsp3) is 0.500. The van der Waals surface area contributed by atoms with Crippen molar-refractivity contribution >= 4 is 11.7 Å². The van der Waals surface area contributed by atoms with Crippen LogP contribution in [0.15, 0.2) is 22.9 Å². The zero-order chi connectivity index (χ0) is 18.8. The van der Waals surface area contributed by atoms with Gasteiger partial charge in [0.1, 0.15) is 5.76 Å². The molecule has 1 amide bonds. The summed E-state index contributed by atoms with van der Waals surface area (Å²) in [5.74, 6) is 0.266. The monoisotopic (exact) mass is 360 g/mol. The lowest BCUT2D eigenvalue weighted by Gasteiger charge is -2.36. The Balaban J connectivity index is 1.56. The maximum Gasteiger partial charge on any atom is 0.273 e. The van der Waals surface area contributed by atoms with Gasteiger partial charge in [0.05, 0.1) is 12.1 Å². The van der Waals surface area contributed by atoms with Crippen LogP contribution in [0.5, 0.6) is 0 Å². The van der Waals surface area contributed by atoms with Crippen molar-refractivity contribution in [3.63, 3.8) is 0 Å². The highest BCUT2D eigenvalue weighted by molar-refractivity contribution is 5.94. The van der Waals surface area contributed by atoms with Gasteiger partial charge in [0.25, 0.3) is 5.91 Å². The Morgan fingerprint density at radius 3 is 2.77 bits per heavy atom. The van der Waals surface area contributed by atoms with E-state index in [4.69, 9.17) is 4.52 Å². The highest BCUT2D eigenvalue weighted by Crippen LogP contribution is 2.17. The van der Waals surface area contributed by atoms with Crippen LogP contribution in [0.1, 0.15) is 45.6 Å². The van der Waals surface area contributed by atoms with Crippen LogP contribution in [0.4, 0.5) is 0 Å². The summed E-state index contributed by atoms with van der Waals surface area (Å²) >= 11 is 0. The number of carbonyl (C=O) groups excluding carboxylic acids is 2. The van der Waals surface area contributed by atoms with Crippen molar-refractivity contribution in [2.24, 2.45) is 7.05 Å². The Morgan fingerprint density at radius 1 is 1.42 bits per heavy atom. The van der Waals surface area contributed by atoms with Crippen LogP contribution in [0.3, 0.4) is 0 Å². The minimum atomic E-state index is -0.673. The zero-order valence-electron chi connectivity index (χ0n) is 15.2. The summed E-state index contributed by atoms with van der Waals surface area (Å²) in [5.41, 5.74) is 1.92. The van der Waals surface area contributed by atoms with E-state index >= 15 is 0 Å². The molecular formula is C18H24N4O4. The average Bonchev–Trinajstić information content (AvgIpc) is 3.17. The molecule has 0 aliphatic carbocycles. The molecule has 8 heteroatoms. The second kappa shape index (κ2) is 7.43. The van der Waals surface area contributed by atoms with E-state index in [1.807, 2.05) is 23.9 Å². The summed E-state index contributed by atoms with van der Waals surface area (Å²) in [6, 6.07) is 3.13. The fourth-order valence-corrected chi connectivity index (χ4v) is 3.21. The molecule has 2 aromatic rings. The molecule has 2 atom stereocenters. The molecule has 140 valence electrons. The van der Waals surface area contributed by atoms with Crippen LogP contribution < -0.4 is 5.32 Å². The number of likely N-dealkylation sites (tertiary alicyclic amines) is 1. The summed E-state index contributed by atoms with van der Waals surface area (Å²) in [6.45, 7) is 5.10. The minimum Gasteiger partial charge on any atom is -0.390 e. The molecular weight excluding hydrogens is 336 g/mol. The number of nitrogens with one attached hydrogen (secondary N) is 1. The third kappa shape index (κ3) is 4.03. The Bertz CT molecular complexity index is 810. The predicted octanol–water partition coefficient (Wildman–Crippen LogP) is 0.889. The number of piperidine rings is 1. The maximum atomic E-state index is 12.2. The number of Topliss-reactive ketones (excluding diaryl/α,β-unsaturated/α-hetero) is 1. The van der Waals surface area contributed by atoms with Crippen LogP contribution in [0, 0.1) is 6.92 Å². The normalized spacial score (nSPS) is 20.9. The van der Waals surface area contributed by atoms with E-state index in [0.717, 1.165) is 12.2 Å². The molecule has 1 aliphatic rings.